The summed E-state index contributed by atoms with van der Waals surface area (Å²) in [5.41, 5.74) is 4.67. The summed E-state index contributed by atoms with van der Waals surface area (Å²) in [6.45, 7) is 1.83. The number of carbonyl (C=O) groups excluding carboxylic acids is 4. The minimum absolute atomic E-state index is 0.0755. The van der Waals surface area contributed by atoms with Crippen LogP contribution >= 0.6 is 45.8 Å². The Hall–Kier alpha value is -4.46. The van der Waals surface area contributed by atoms with E-state index in [2.05, 4.69) is 5.43 Å². The van der Waals surface area contributed by atoms with Crippen molar-refractivity contribution in [3.8, 4) is 11.5 Å². The summed E-state index contributed by atoms with van der Waals surface area (Å²) in [7, 11) is 1.42. The fourth-order valence-corrected chi connectivity index (χ4v) is 9.85. The number of imide groups is 2. The zero-order valence-corrected chi connectivity index (χ0v) is 31.9. The molecule has 6 unspecified atom stereocenters. The van der Waals surface area contributed by atoms with Crippen molar-refractivity contribution < 1.29 is 33.4 Å². The van der Waals surface area contributed by atoms with Gasteiger partial charge in [-0.2, -0.15) is 5.01 Å². The summed E-state index contributed by atoms with van der Waals surface area (Å²) in [6.07, 6.45) is 2.24. The molecule has 9 nitrogen and oxygen atoms in total. The maximum absolute atomic E-state index is 15.3. The van der Waals surface area contributed by atoms with Crippen LogP contribution in [0, 0.1) is 40.0 Å². The number of halogens is 4. The number of aromatic hydroxyl groups is 1. The predicted molar refractivity (Wildman–Crippen MR) is 205 cm³/mol. The van der Waals surface area contributed by atoms with Gasteiger partial charge in [0.15, 0.2) is 11.5 Å². The Morgan fingerprint density at radius 1 is 0.925 bits per heavy atom. The molecule has 2 heterocycles. The molecule has 4 amide bonds. The number of rotatable bonds is 6. The SMILES string of the molecule is COc1cc(C2C3=CCC4C(=O)N(c5ccc(C)c(Cl)c5)C(=O)C4C3CC3C(=O)N(Nc4ccc(F)cc4)C(=O)C32c2ccc(Cl)cc2)cc(I)c1O. The third-order valence-corrected chi connectivity index (χ3v) is 12.8. The fourth-order valence-electron chi connectivity index (χ4n) is 8.92. The zero-order valence-electron chi connectivity index (χ0n) is 28.3. The van der Waals surface area contributed by atoms with E-state index < -0.39 is 58.5 Å². The van der Waals surface area contributed by atoms with Gasteiger partial charge in [-0.25, -0.2) is 9.29 Å². The molecule has 1 saturated carbocycles. The number of allylic oxidation sites excluding steroid dienone is 2. The smallest absolute Gasteiger partial charge is 0.260 e. The first kappa shape index (κ1) is 35.6. The molecule has 2 saturated heterocycles. The van der Waals surface area contributed by atoms with E-state index in [0.29, 0.717) is 36.1 Å². The summed E-state index contributed by atoms with van der Waals surface area (Å²) in [4.78, 5) is 60.0. The average molecular weight is 867 g/mol. The predicted octanol–water partition coefficient (Wildman–Crippen LogP) is 7.95. The Morgan fingerprint density at radius 2 is 1.64 bits per heavy atom. The number of ether oxygens (including phenoxy) is 1. The highest BCUT2D eigenvalue weighted by molar-refractivity contribution is 14.1. The third-order valence-electron chi connectivity index (χ3n) is 11.3. The Labute approximate surface area is 327 Å². The molecule has 3 fully saturated rings. The topological polar surface area (TPSA) is 116 Å². The van der Waals surface area contributed by atoms with Crippen molar-refractivity contribution in [1.82, 2.24) is 5.01 Å². The molecule has 0 bridgehead atoms. The second-order valence-electron chi connectivity index (χ2n) is 13.9. The highest BCUT2D eigenvalue weighted by Crippen LogP contribution is 2.64. The Bertz CT molecular complexity index is 2270. The van der Waals surface area contributed by atoms with Crippen molar-refractivity contribution in [2.75, 3.05) is 17.4 Å². The van der Waals surface area contributed by atoms with Crippen LogP contribution in [0.15, 0.2) is 90.5 Å². The highest BCUT2D eigenvalue weighted by atomic mass is 127. The lowest BCUT2D eigenvalue weighted by Gasteiger charge is -2.50. The number of phenols is 1. The van der Waals surface area contributed by atoms with E-state index in [4.69, 9.17) is 27.9 Å². The maximum atomic E-state index is 15.3. The summed E-state index contributed by atoms with van der Waals surface area (Å²) in [5, 5.41) is 12.7. The van der Waals surface area contributed by atoms with Gasteiger partial charge in [-0.3, -0.25) is 24.6 Å². The van der Waals surface area contributed by atoms with Crippen molar-refractivity contribution in [3.63, 3.8) is 0 Å². The molecule has 4 aliphatic rings. The number of benzene rings is 4. The van der Waals surface area contributed by atoms with Crippen molar-refractivity contribution in [1.29, 1.82) is 0 Å². The average Bonchev–Trinajstić information content (AvgIpc) is 3.52. The van der Waals surface area contributed by atoms with Crippen LogP contribution in [-0.4, -0.2) is 40.9 Å². The van der Waals surface area contributed by atoms with Gasteiger partial charge >= 0.3 is 0 Å². The van der Waals surface area contributed by atoms with Gasteiger partial charge in [0, 0.05) is 16.0 Å². The van der Waals surface area contributed by atoms with Crippen LogP contribution in [-0.2, 0) is 24.6 Å². The van der Waals surface area contributed by atoms with Crippen LogP contribution in [0.3, 0.4) is 0 Å². The van der Waals surface area contributed by atoms with Gasteiger partial charge in [0.1, 0.15) is 5.82 Å². The van der Waals surface area contributed by atoms with E-state index >= 15 is 4.79 Å². The zero-order chi connectivity index (χ0) is 37.5. The molecular weight excluding hydrogens is 835 g/mol. The molecule has 53 heavy (non-hydrogen) atoms. The van der Waals surface area contributed by atoms with Crippen LogP contribution in [0.4, 0.5) is 15.8 Å². The van der Waals surface area contributed by atoms with Crippen LogP contribution < -0.4 is 15.1 Å². The number of carbonyl (C=O) groups is 4. The Kier molecular flexibility index (Phi) is 8.81. The largest absolute Gasteiger partial charge is 0.504 e. The number of nitrogens with one attached hydrogen (secondary N) is 1. The van der Waals surface area contributed by atoms with E-state index in [9.17, 15) is 23.9 Å². The summed E-state index contributed by atoms with van der Waals surface area (Å²) >= 11 is 14.8. The van der Waals surface area contributed by atoms with Crippen molar-refractivity contribution >= 4 is 80.8 Å². The molecule has 270 valence electrons. The monoisotopic (exact) mass is 865 g/mol. The van der Waals surface area contributed by atoms with E-state index in [1.165, 1.54) is 36.3 Å². The molecule has 0 radical (unpaired) electrons. The number of hydrazine groups is 1. The Balaban J connectivity index is 1.34. The van der Waals surface area contributed by atoms with Crippen LogP contribution in [0.1, 0.15) is 35.4 Å². The molecule has 8 rings (SSSR count). The van der Waals surface area contributed by atoms with E-state index in [0.717, 1.165) is 16.1 Å². The molecule has 2 aliphatic carbocycles. The minimum atomic E-state index is -1.58. The number of anilines is 2. The van der Waals surface area contributed by atoms with Gasteiger partial charge in [0.05, 0.1) is 45.2 Å². The lowest BCUT2D eigenvalue weighted by Crippen LogP contribution is -2.53. The molecule has 6 atom stereocenters. The standard InChI is InChI=1S/C40H31Cl2FIN3O6/c1-19-3-12-25(17-30(19)42)46-36(49)27-14-13-26-28(33(27)38(46)51)18-29-37(50)47(45-24-10-8-23(43)9-11-24)39(52)40(29,21-4-6-22(41)7-5-21)34(26)20-15-31(44)35(48)32(16-20)53-2/h3-13,15-17,27-29,33-34,45,48H,14,18H2,1-2H3. The molecule has 13 heteroatoms. The molecule has 2 aliphatic heterocycles. The van der Waals surface area contributed by atoms with Gasteiger partial charge < -0.3 is 9.84 Å². The van der Waals surface area contributed by atoms with Gasteiger partial charge in [0.25, 0.3) is 11.8 Å². The van der Waals surface area contributed by atoms with Gasteiger partial charge in [-0.05, 0) is 126 Å². The summed E-state index contributed by atoms with van der Waals surface area (Å²) in [6, 6.07) is 20.6. The number of phenolic OH excluding ortho intramolecular Hbond substituents is 1. The van der Waals surface area contributed by atoms with Crippen LogP contribution in [0.25, 0.3) is 0 Å². The number of nitrogens with zero attached hydrogens (tertiary/aromatic N) is 2. The number of amides is 4. The number of hydrogen-bond acceptors (Lipinski definition) is 7. The highest BCUT2D eigenvalue weighted by Gasteiger charge is 2.70. The molecule has 4 aromatic carbocycles. The number of aryl methyl sites for hydroxylation is 1. The molecule has 0 aromatic heterocycles. The van der Waals surface area contributed by atoms with Crippen molar-refractivity contribution in [2.45, 2.75) is 31.1 Å². The first-order valence-electron chi connectivity index (χ1n) is 16.9. The first-order valence-corrected chi connectivity index (χ1v) is 18.8. The van der Waals surface area contributed by atoms with Gasteiger partial charge in [-0.1, -0.05) is 53.1 Å². The molecular formula is C40H31Cl2FIN3O6. The van der Waals surface area contributed by atoms with Gasteiger partial charge in [0.2, 0.25) is 11.8 Å². The number of hydrogen-bond donors (Lipinski definition) is 2. The quantitative estimate of drug-likeness (QED) is 0.115. The minimum Gasteiger partial charge on any atom is -0.504 e. The lowest BCUT2D eigenvalue weighted by atomic mass is 9.49. The molecule has 2 N–H and O–H groups in total. The lowest BCUT2D eigenvalue weighted by molar-refractivity contribution is -0.138. The van der Waals surface area contributed by atoms with Crippen LogP contribution in [0.5, 0.6) is 11.5 Å². The normalized spacial score (nSPS) is 26.3. The van der Waals surface area contributed by atoms with E-state index in [-0.39, 0.29) is 30.2 Å². The number of fused-ring (bicyclic) bond motifs is 4. The second kappa shape index (κ2) is 13.1. The van der Waals surface area contributed by atoms with E-state index in [1.54, 1.807) is 54.6 Å². The molecule has 4 aromatic rings. The Morgan fingerprint density at radius 3 is 2.32 bits per heavy atom. The molecule has 0 spiro atoms. The van der Waals surface area contributed by atoms with Gasteiger partial charge in [-0.15, -0.1) is 0 Å². The second-order valence-corrected chi connectivity index (χ2v) is 15.9. The summed E-state index contributed by atoms with van der Waals surface area (Å²) < 4.78 is 19.9. The van der Waals surface area contributed by atoms with Crippen molar-refractivity contribution in [3.05, 3.63) is 127 Å². The first-order chi connectivity index (χ1) is 25.4. The van der Waals surface area contributed by atoms with Crippen LogP contribution in [0.2, 0.25) is 10.0 Å². The maximum Gasteiger partial charge on any atom is 0.260 e. The number of methoxy groups -OCH3 is 1. The van der Waals surface area contributed by atoms with Crippen molar-refractivity contribution in [2.24, 2.45) is 23.7 Å². The summed E-state index contributed by atoms with van der Waals surface area (Å²) in [5.74, 6) is -6.29. The fraction of sp³-hybridized carbons (Fsp3) is 0.250. The van der Waals surface area contributed by atoms with E-state index in [1.807, 2.05) is 35.6 Å². The third kappa shape index (κ3) is 5.37.